The van der Waals surface area contributed by atoms with Crippen LogP contribution in [0.1, 0.15) is 19.3 Å². The van der Waals surface area contributed by atoms with Gasteiger partial charge in [-0.25, -0.2) is 0 Å². The molecule has 2 saturated heterocycles. The van der Waals surface area contributed by atoms with Crippen LogP contribution in [0, 0.1) is 0 Å². The summed E-state index contributed by atoms with van der Waals surface area (Å²) in [7, 11) is 2.10. The lowest BCUT2D eigenvalue weighted by Gasteiger charge is -2.35. The van der Waals surface area contributed by atoms with Crippen molar-refractivity contribution in [1.82, 2.24) is 9.80 Å². The van der Waals surface area contributed by atoms with Gasteiger partial charge in [-0.1, -0.05) is 0 Å². The number of hydrogen-bond acceptors (Lipinski definition) is 3. The van der Waals surface area contributed by atoms with Crippen LogP contribution in [0.3, 0.4) is 0 Å². The summed E-state index contributed by atoms with van der Waals surface area (Å²) in [4.78, 5) is 16.3. The molecule has 2 aliphatic rings. The van der Waals surface area contributed by atoms with Crippen LogP contribution in [-0.4, -0.2) is 61.6 Å². The molecular weight excluding hydrogens is 192 g/mol. The maximum atomic E-state index is 12.0. The third-order valence-corrected chi connectivity index (χ3v) is 3.27. The van der Waals surface area contributed by atoms with Crippen LogP contribution in [0.25, 0.3) is 0 Å². The summed E-state index contributed by atoms with van der Waals surface area (Å²) in [6.45, 7) is 4.44. The highest BCUT2D eigenvalue weighted by Gasteiger charge is 2.28. The smallest absolute Gasteiger partial charge is 0.251 e. The van der Waals surface area contributed by atoms with Crippen molar-refractivity contribution < 1.29 is 9.53 Å². The van der Waals surface area contributed by atoms with Gasteiger partial charge in [0.15, 0.2) is 0 Å². The molecule has 0 N–H and O–H groups in total. The van der Waals surface area contributed by atoms with Gasteiger partial charge in [-0.3, -0.25) is 4.79 Å². The molecule has 0 aromatic heterocycles. The van der Waals surface area contributed by atoms with E-state index < -0.39 is 0 Å². The average Bonchev–Trinajstić information content (AvgIpc) is 2.30. The number of amides is 1. The van der Waals surface area contributed by atoms with Gasteiger partial charge in [-0.2, -0.15) is 0 Å². The predicted octanol–water partition coefficient (Wildman–Crippen LogP) is 0.329. The van der Waals surface area contributed by atoms with E-state index in [9.17, 15) is 4.79 Å². The zero-order valence-corrected chi connectivity index (χ0v) is 9.45. The first-order valence-electron chi connectivity index (χ1n) is 5.86. The molecule has 1 atom stereocenters. The number of rotatable bonds is 1. The SMILES string of the molecule is CN1CCN(C(=O)C2CCCCO2)CC1. The minimum Gasteiger partial charge on any atom is -0.368 e. The van der Waals surface area contributed by atoms with Crippen molar-refractivity contribution in [3.63, 3.8) is 0 Å². The van der Waals surface area contributed by atoms with Gasteiger partial charge in [0.05, 0.1) is 0 Å². The lowest BCUT2D eigenvalue weighted by molar-refractivity contribution is -0.148. The molecule has 1 amide bonds. The second-order valence-corrected chi connectivity index (χ2v) is 4.48. The second-order valence-electron chi connectivity index (χ2n) is 4.48. The van der Waals surface area contributed by atoms with Crippen molar-refractivity contribution in [3.8, 4) is 0 Å². The molecule has 86 valence electrons. The Morgan fingerprint density at radius 1 is 1.20 bits per heavy atom. The fourth-order valence-corrected chi connectivity index (χ4v) is 2.17. The van der Waals surface area contributed by atoms with Gasteiger partial charge in [-0.05, 0) is 26.3 Å². The molecule has 0 spiro atoms. The molecule has 4 heteroatoms. The van der Waals surface area contributed by atoms with Crippen LogP contribution in [0.5, 0.6) is 0 Å². The highest BCUT2D eigenvalue weighted by molar-refractivity contribution is 5.81. The van der Waals surface area contributed by atoms with E-state index in [1.165, 1.54) is 0 Å². The van der Waals surface area contributed by atoms with Crippen molar-refractivity contribution >= 4 is 5.91 Å². The van der Waals surface area contributed by atoms with Crippen LogP contribution in [0.4, 0.5) is 0 Å². The van der Waals surface area contributed by atoms with Crippen LogP contribution in [0.2, 0.25) is 0 Å². The Labute approximate surface area is 91.2 Å². The normalized spacial score (nSPS) is 29.1. The molecule has 15 heavy (non-hydrogen) atoms. The number of carbonyl (C=O) groups is 1. The number of piperazine rings is 1. The molecule has 0 aliphatic carbocycles. The van der Waals surface area contributed by atoms with E-state index in [0.29, 0.717) is 0 Å². The molecule has 0 aromatic carbocycles. The van der Waals surface area contributed by atoms with Gasteiger partial charge in [0.2, 0.25) is 0 Å². The Hall–Kier alpha value is -0.610. The van der Waals surface area contributed by atoms with Crippen LogP contribution in [0.15, 0.2) is 0 Å². The molecule has 0 saturated carbocycles. The van der Waals surface area contributed by atoms with E-state index in [0.717, 1.165) is 52.0 Å². The third kappa shape index (κ3) is 2.69. The standard InChI is InChI=1S/C11H20N2O2/c1-12-5-7-13(8-6-12)11(14)10-4-2-3-9-15-10/h10H,2-9H2,1H3. The lowest BCUT2D eigenvalue weighted by Crippen LogP contribution is -2.51. The van der Waals surface area contributed by atoms with Crippen molar-refractivity contribution in [2.24, 2.45) is 0 Å². The maximum absolute atomic E-state index is 12.0. The molecule has 2 fully saturated rings. The maximum Gasteiger partial charge on any atom is 0.251 e. The van der Waals surface area contributed by atoms with Gasteiger partial charge in [0.1, 0.15) is 6.10 Å². The number of likely N-dealkylation sites (N-methyl/N-ethyl adjacent to an activating group) is 1. The summed E-state index contributed by atoms with van der Waals surface area (Å²) >= 11 is 0. The minimum atomic E-state index is -0.151. The molecule has 0 aromatic rings. The quantitative estimate of drug-likeness (QED) is 0.628. The zero-order chi connectivity index (χ0) is 10.7. The molecule has 2 rings (SSSR count). The Morgan fingerprint density at radius 2 is 1.93 bits per heavy atom. The Kier molecular flexibility index (Phi) is 3.59. The molecule has 0 radical (unpaired) electrons. The topological polar surface area (TPSA) is 32.8 Å². The highest BCUT2D eigenvalue weighted by atomic mass is 16.5. The first-order chi connectivity index (χ1) is 7.27. The van der Waals surface area contributed by atoms with E-state index in [1.807, 2.05) is 4.90 Å². The van der Waals surface area contributed by atoms with Crippen LogP contribution < -0.4 is 0 Å². The van der Waals surface area contributed by atoms with Gasteiger partial charge in [0, 0.05) is 32.8 Å². The van der Waals surface area contributed by atoms with Crippen molar-refractivity contribution in [1.29, 1.82) is 0 Å². The van der Waals surface area contributed by atoms with Crippen LogP contribution >= 0.6 is 0 Å². The summed E-state index contributed by atoms with van der Waals surface area (Å²) in [5, 5.41) is 0. The second kappa shape index (κ2) is 4.94. The summed E-state index contributed by atoms with van der Waals surface area (Å²) in [5.74, 6) is 0.211. The first kappa shape index (κ1) is 10.9. The van der Waals surface area contributed by atoms with Crippen molar-refractivity contribution in [2.45, 2.75) is 25.4 Å². The van der Waals surface area contributed by atoms with Crippen molar-refractivity contribution in [2.75, 3.05) is 39.8 Å². The van der Waals surface area contributed by atoms with E-state index in [2.05, 4.69) is 11.9 Å². The summed E-state index contributed by atoms with van der Waals surface area (Å²) in [5.41, 5.74) is 0. The number of hydrogen-bond donors (Lipinski definition) is 0. The van der Waals surface area contributed by atoms with E-state index in [4.69, 9.17) is 4.74 Å². The van der Waals surface area contributed by atoms with Gasteiger partial charge in [-0.15, -0.1) is 0 Å². The monoisotopic (exact) mass is 212 g/mol. The molecule has 2 heterocycles. The highest BCUT2D eigenvalue weighted by Crippen LogP contribution is 2.15. The number of ether oxygens (including phenoxy) is 1. The fraction of sp³-hybridized carbons (Fsp3) is 0.909. The van der Waals surface area contributed by atoms with E-state index in [1.54, 1.807) is 0 Å². The van der Waals surface area contributed by atoms with Gasteiger partial charge >= 0.3 is 0 Å². The predicted molar refractivity (Wildman–Crippen MR) is 57.7 cm³/mol. The molecular formula is C11H20N2O2. The molecule has 4 nitrogen and oxygen atoms in total. The van der Waals surface area contributed by atoms with E-state index in [-0.39, 0.29) is 12.0 Å². The lowest BCUT2D eigenvalue weighted by atomic mass is 10.1. The summed E-state index contributed by atoms with van der Waals surface area (Å²) in [6.07, 6.45) is 2.99. The average molecular weight is 212 g/mol. The van der Waals surface area contributed by atoms with Crippen LogP contribution in [-0.2, 0) is 9.53 Å². The zero-order valence-electron chi connectivity index (χ0n) is 9.45. The van der Waals surface area contributed by atoms with Gasteiger partial charge in [0.25, 0.3) is 5.91 Å². The van der Waals surface area contributed by atoms with Crippen molar-refractivity contribution in [3.05, 3.63) is 0 Å². The largest absolute Gasteiger partial charge is 0.368 e. The summed E-state index contributed by atoms with van der Waals surface area (Å²) < 4.78 is 5.51. The Bertz CT molecular complexity index is 219. The fourth-order valence-electron chi connectivity index (χ4n) is 2.17. The third-order valence-electron chi connectivity index (χ3n) is 3.27. The summed E-state index contributed by atoms with van der Waals surface area (Å²) in [6, 6.07) is 0. The Balaban J connectivity index is 1.84. The number of nitrogens with zero attached hydrogens (tertiary/aromatic N) is 2. The molecule has 1 unspecified atom stereocenters. The molecule has 0 bridgehead atoms. The number of carbonyl (C=O) groups excluding carboxylic acids is 1. The van der Waals surface area contributed by atoms with Gasteiger partial charge < -0.3 is 14.5 Å². The molecule has 2 aliphatic heterocycles. The first-order valence-corrected chi connectivity index (χ1v) is 5.86. The van der Waals surface area contributed by atoms with E-state index >= 15 is 0 Å². The minimum absolute atomic E-state index is 0.151. The Morgan fingerprint density at radius 3 is 2.53 bits per heavy atom.